The van der Waals surface area contributed by atoms with Crippen molar-refractivity contribution in [3.63, 3.8) is 0 Å². The Kier molecular flexibility index (Phi) is 4.42. The molecule has 2 rings (SSSR count). The van der Waals surface area contributed by atoms with Crippen LogP contribution in [0.5, 0.6) is 11.5 Å². The summed E-state index contributed by atoms with van der Waals surface area (Å²) in [4.78, 5) is 12.0. The van der Waals surface area contributed by atoms with Gasteiger partial charge in [0.2, 0.25) is 0 Å². The van der Waals surface area contributed by atoms with E-state index in [-0.39, 0.29) is 27.8 Å². The third-order valence-electron chi connectivity index (χ3n) is 2.86. The van der Waals surface area contributed by atoms with Crippen LogP contribution in [0.3, 0.4) is 0 Å². The summed E-state index contributed by atoms with van der Waals surface area (Å²) in [6.07, 6.45) is 0.0292. The van der Waals surface area contributed by atoms with Gasteiger partial charge in [-0.2, -0.15) is 0 Å². The second kappa shape index (κ2) is 5.91. The Morgan fingerprint density at radius 3 is 2.55 bits per heavy atom. The highest BCUT2D eigenvalue weighted by Gasteiger charge is 2.24. The van der Waals surface area contributed by atoms with E-state index in [2.05, 4.69) is 0 Å². The molecule has 1 heterocycles. The number of hydrogen-bond donors (Lipinski definition) is 3. The summed E-state index contributed by atoms with van der Waals surface area (Å²) >= 11 is 12.9. The summed E-state index contributed by atoms with van der Waals surface area (Å²) in [6.45, 7) is 0. The van der Waals surface area contributed by atoms with Crippen LogP contribution in [-0.4, -0.2) is 21.3 Å². The molecule has 1 aromatic heterocycles. The second-order valence-corrected chi connectivity index (χ2v) is 5.90. The van der Waals surface area contributed by atoms with Crippen LogP contribution in [0.4, 0.5) is 0 Å². The SMILES string of the molecule is O=C(O)C(Cc1cc(Cl)c(O)c(Cl)c1O)c1cccs1. The Labute approximate surface area is 128 Å². The maximum atomic E-state index is 11.4. The van der Waals surface area contributed by atoms with Crippen LogP contribution in [0.2, 0.25) is 10.0 Å². The van der Waals surface area contributed by atoms with E-state index in [1.807, 2.05) is 0 Å². The summed E-state index contributed by atoms with van der Waals surface area (Å²) in [6, 6.07) is 4.79. The lowest BCUT2D eigenvalue weighted by Gasteiger charge is -2.14. The second-order valence-electron chi connectivity index (χ2n) is 4.14. The maximum absolute atomic E-state index is 11.4. The Morgan fingerprint density at radius 2 is 2.00 bits per heavy atom. The molecule has 0 aliphatic carbocycles. The van der Waals surface area contributed by atoms with E-state index in [1.54, 1.807) is 17.5 Å². The quantitative estimate of drug-likeness (QED) is 0.793. The molecule has 1 unspecified atom stereocenters. The van der Waals surface area contributed by atoms with Gasteiger partial charge in [-0.3, -0.25) is 4.79 Å². The van der Waals surface area contributed by atoms with E-state index in [1.165, 1.54) is 17.4 Å². The molecule has 7 heteroatoms. The Balaban J connectivity index is 2.40. The molecule has 0 fully saturated rings. The molecule has 0 spiro atoms. The van der Waals surface area contributed by atoms with E-state index in [4.69, 9.17) is 23.2 Å². The van der Waals surface area contributed by atoms with Gasteiger partial charge >= 0.3 is 5.97 Å². The molecule has 2 aromatic rings. The minimum absolute atomic E-state index is 0.0292. The van der Waals surface area contributed by atoms with E-state index in [9.17, 15) is 20.1 Å². The van der Waals surface area contributed by atoms with Crippen molar-refractivity contribution >= 4 is 40.5 Å². The molecule has 4 nitrogen and oxygen atoms in total. The topological polar surface area (TPSA) is 77.8 Å². The highest BCUT2D eigenvalue weighted by molar-refractivity contribution is 7.10. The lowest BCUT2D eigenvalue weighted by atomic mass is 9.97. The fourth-order valence-electron chi connectivity index (χ4n) is 1.82. The van der Waals surface area contributed by atoms with Gasteiger partial charge in [0.25, 0.3) is 0 Å². The number of benzene rings is 1. The average molecular weight is 333 g/mol. The third-order valence-corrected chi connectivity index (χ3v) is 4.49. The standard InChI is InChI=1S/C13H10Cl2O4S/c14-8-5-6(11(16)10(15)12(8)17)4-7(13(18)19)9-2-1-3-20-9/h1-3,5,7,16-17H,4H2,(H,18,19). The zero-order valence-corrected chi connectivity index (χ0v) is 12.3. The molecule has 1 aromatic carbocycles. The van der Waals surface area contributed by atoms with Crippen LogP contribution in [-0.2, 0) is 11.2 Å². The normalized spacial score (nSPS) is 12.3. The fourth-order valence-corrected chi connectivity index (χ4v) is 3.14. The number of halogens is 2. The number of aromatic hydroxyl groups is 2. The van der Waals surface area contributed by atoms with E-state index < -0.39 is 17.6 Å². The van der Waals surface area contributed by atoms with Crippen LogP contribution in [0.25, 0.3) is 0 Å². The van der Waals surface area contributed by atoms with Crippen LogP contribution in [0.1, 0.15) is 16.4 Å². The molecule has 1 atom stereocenters. The number of carboxylic acids is 1. The number of phenols is 2. The average Bonchev–Trinajstić information content (AvgIpc) is 2.92. The molecule has 106 valence electrons. The van der Waals surface area contributed by atoms with Crippen molar-refractivity contribution in [2.75, 3.05) is 0 Å². The van der Waals surface area contributed by atoms with Gasteiger partial charge in [0.1, 0.15) is 10.8 Å². The largest absolute Gasteiger partial charge is 0.506 e. The van der Waals surface area contributed by atoms with Crippen molar-refractivity contribution in [2.45, 2.75) is 12.3 Å². The van der Waals surface area contributed by atoms with Crippen molar-refractivity contribution in [3.05, 3.63) is 44.1 Å². The molecular formula is C13H10Cl2O4S. The highest BCUT2D eigenvalue weighted by Crippen LogP contribution is 2.42. The first kappa shape index (κ1) is 15.0. The molecule has 20 heavy (non-hydrogen) atoms. The highest BCUT2D eigenvalue weighted by atomic mass is 35.5. The predicted octanol–water partition coefficient (Wildman–Crippen LogP) is 3.88. The van der Waals surface area contributed by atoms with Gasteiger partial charge in [-0.25, -0.2) is 0 Å². The van der Waals surface area contributed by atoms with Gasteiger partial charge in [-0.05, 0) is 29.5 Å². The lowest BCUT2D eigenvalue weighted by molar-refractivity contribution is -0.138. The first-order chi connectivity index (χ1) is 9.41. The molecule has 0 aliphatic rings. The zero-order chi connectivity index (χ0) is 14.9. The van der Waals surface area contributed by atoms with Gasteiger partial charge in [-0.1, -0.05) is 29.3 Å². The van der Waals surface area contributed by atoms with Crippen molar-refractivity contribution < 1.29 is 20.1 Å². The number of phenolic OH excluding ortho intramolecular Hbond substituents is 2. The molecule has 0 bridgehead atoms. The Bertz CT molecular complexity index is 640. The molecule has 0 radical (unpaired) electrons. The Morgan fingerprint density at radius 1 is 1.30 bits per heavy atom. The number of aliphatic carboxylic acids is 1. The maximum Gasteiger partial charge on any atom is 0.312 e. The molecule has 3 N–H and O–H groups in total. The first-order valence-electron chi connectivity index (χ1n) is 5.56. The number of carbonyl (C=O) groups is 1. The molecule has 0 saturated heterocycles. The minimum Gasteiger partial charge on any atom is -0.506 e. The van der Waals surface area contributed by atoms with Crippen molar-refractivity contribution in [1.82, 2.24) is 0 Å². The predicted molar refractivity (Wildman–Crippen MR) is 78.2 cm³/mol. The molecular weight excluding hydrogens is 323 g/mol. The van der Waals surface area contributed by atoms with Gasteiger partial charge in [0.15, 0.2) is 5.75 Å². The van der Waals surface area contributed by atoms with Crippen molar-refractivity contribution in [2.24, 2.45) is 0 Å². The third kappa shape index (κ3) is 2.85. The number of hydrogen-bond acceptors (Lipinski definition) is 4. The Hall–Kier alpha value is -1.43. The number of thiophene rings is 1. The van der Waals surface area contributed by atoms with Gasteiger partial charge in [-0.15, -0.1) is 11.3 Å². The summed E-state index contributed by atoms with van der Waals surface area (Å²) in [7, 11) is 0. The lowest BCUT2D eigenvalue weighted by Crippen LogP contribution is -2.13. The first-order valence-corrected chi connectivity index (χ1v) is 7.20. The summed E-state index contributed by atoms with van der Waals surface area (Å²) < 4.78 is 0. The van der Waals surface area contributed by atoms with Crippen LogP contribution in [0, 0.1) is 0 Å². The number of rotatable bonds is 4. The smallest absolute Gasteiger partial charge is 0.312 e. The van der Waals surface area contributed by atoms with Crippen LogP contribution >= 0.6 is 34.5 Å². The van der Waals surface area contributed by atoms with Gasteiger partial charge < -0.3 is 15.3 Å². The van der Waals surface area contributed by atoms with Crippen LogP contribution < -0.4 is 0 Å². The molecule has 0 saturated carbocycles. The fraction of sp³-hybridized carbons (Fsp3) is 0.154. The van der Waals surface area contributed by atoms with Crippen molar-refractivity contribution in [3.8, 4) is 11.5 Å². The number of carboxylic acid groups (broad SMARTS) is 1. The minimum atomic E-state index is -1.01. The molecule has 0 amide bonds. The van der Waals surface area contributed by atoms with Gasteiger partial charge in [0, 0.05) is 4.88 Å². The van der Waals surface area contributed by atoms with E-state index >= 15 is 0 Å². The van der Waals surface area contributed by atoms with E-state index in [0.717, 1.165) is 0 Å². The van der Waals surface area contributed by atoms with E-state index in [0.29, 0.717) is 4.88 Å². The van der Waals surface area contributed by atoms with Gasteiger partial charge in [0.05, 0.1) is 10.9 Å². The monoisotopic (exact) mass is 332 g/mol. The zero-order valence-electron chi connectivity index (χ0n) is 10.0. The summed E-state index contributed by atoms with van der Waals surface area (Å²) in [5, 5.41) is 30.2. The molecule has 0 aliphatic heterocycles. The summed E-state index contributed by atoms with van der Waals surface area (Å²) in [5.41, 5.74) is 0.276. The summed E-state index contributed by atoms with van der Waals surface area (Å²) in [5.74, 6) is -2.58. The van der Waals surface area contributed by atoms with Crippen LogP contribution in [0.15, 0.2) is 23.6 Å². The van der Waals surface area contributed by atoms with Crippen molar-refractivity contribution in [1.29, 1.82) is 0 Å².